The number of aliphatic hydroxyl groups is 1. The number of anilines is 1. The zero-order valence-electron chi connectivity index (χ0n) is 13.6. The monoisotopic (exact) mass is 364 g/mol. The smallest absolute Gasteiger partial charge is 0.163 e. The van der Waals surface area contributed by atoms with Crippen molar-refractivity contribution in [1.29, 1.82) is 0 Å². The molecule has 3 aromatic rings. The van der Waals surface area contributed by atoms with Crippen molar-refractivity contribution in [3.63, 3.8) is 0 Å². The number of nitrogen functional groups attached to an aromatic ring is 1. The highest BCUT2D eigenvalue weighted by Gasteiger charge is 2.42. The van der Waals surface area contributed by atoms with Crippen LogP contribution in [0.4, 0.5) is 18.9 Å². The average Bonchev–Trinajstić information content (AvgIpc) is 3.10. The lowest BCUT2D eigenvalue weighted by Crippen LogP contribution is -2.39. The van der Waals surface area contributed by atoms with E-state index in [2.05, 4.69) is 20.1 Å². The number of hydrogen-bond donors (Lipinski definition) is 2. The second kappa shape index (κ2) is 6.71. The van der Waals surface area contributed by atoms with E-state index in [-0.39, 0.29) is 23.5 Å². The molecule has 0 saturated heterocycles. The third-order valence-electron chi connectivity index (χ3n) is 4.24. The van der Waals surface area contributed by atoms with Gasteiger partial charge in [0.1, 0.15) is 36.2 Å². The predicted octanol–water partition coefficient (Wildman–Crippen LogP) is 1.76. The van der Waals surface area contributed by atoms with Crippen molar-refractivity contribution < 1.29 is 18.3 Å². The van der Waals surface area contributed by atoms with Gasteiger partial charge in [-0.1, -0.05) is 6.92 Å². The normalized spacial score (nSPS) is 14.8. The van der Waals surface area contributed by atoms with Gasteiger partial charge in [-0.25, -0.2) is 32.8 Å². The molecule has 2 atom stereocenters. The van der Waals surface area contributed by atoms with Crippen LogP contribution in [-0.2, 0) is 12.1 Å². The minimum atomic E-state index is -2.05. The first-order chi connectivity index (χ1) is 12.3. The molecule has 0 unspecified atom stereocenters. The first-order valence-corrected chi connectivity index (χ1v) is 7.58. The molecule has 0 bridgehead atoms. The Morgan fingerprint density at radius 1 is 1.15 bits per heavy atom. The van der Waals surface area contributed by atoms with Gasteiger partial charge in [0.05, 0.1) is 24.1 Å². The van der Waals surface area contributed by atoms with Crippen molar-refractivity contribution in [2.24, 2.45) is 0 Å². The summed E-state index contributed by atoms with van der Waals surface area (Å²) < 4.78 is 43.5. The average molecular weight is 364 g/mol. The van der Waals surface area contributed by atoms with E-state index >= 15 is 0 Å². The Morgan fingerprint density at radius 2 is 1.92 bits per heavy atom. The minimum Gasteiger partial charge on any atom is -0.396 e. The summed E-state index contributed by atoms with van der Waals surface area (Å²) in [6.07, 6.45) is 4.58. The van der Waals surface area contributed by atoms with Crippen LogP contribution < -0.4 is 5.73 Å². The summed E-state index contributed by atoms with van der Waals surface area (Å²) in [6, 6.07) is 1.55. The van der Waals surface area contributed by atoms with Gasteiger partial charge in [0, 0.05) is 17.5 Å². The highest BCUT2D eigenvalue weighted by Crippen LogP contribution is 2.40. The molecule has 3 N–H and O–H groups in total. The molecule has 0 aliphatic rings. The Morgan fingerprint density at radius 3 is 2.58 bits per heavy atom. The quantitative estimate of drug-likeness (QED) is 0.669. The van der Waals surface area contributed by atoms with E-state index in [9.17, 15) is 18.3 Å². The molecule has 0 saturated carbocycles. The lowest BCUT2D eigenvalue weighted by molar-refractivity contribution is -0.0133. The Kier molecular flexibility index (Phi) is 4.60. The molecule has 0 radical (unpaired) electrons. The fourth-order valence-electron chi connectivity index (χ4n) is 2.78. The molecule has 0 spiro atoms. The maximum Gasteiger partial charge on any atom is 0.163 e. The van der Waals surface area contributed by atoms with Gasteiger partial charge in [0.2, 0.25) is 0 Å². The van der Waals surface area contributed by atoms with Gasteiger partial charge in [0.15, 0.2) is 5.82 Å². The van der Waals surface area contributed by atoms with E-state index in [0.29, 0.717) is 6.07 Å². The highest BCUT2D eigenvalue weighted by molar-refractivity contribution is 5.46. The van der Waals surface area contributed by atoms with Crippen LogP contribution >= 0.6 is 0 Å². The lowest BCUT2D eigenvalue weighted by atomic mass is 9.79. The third-order valence-corrected chi connectivity index (χ3v) is 4.24. The van der Waals surface area contributed by atoms with Gasteiger partial charge in [0.25, 0.3) is 0 Å². The molecule has 10 heteroatoms. The van der Waals surface area contributed by atoms with E-state index in [1.54, 1.807) is 0 Å². The van der Waals surface area contributed by atoms with Crippen LogP contribution in [0.5, 0.6) is 0 Å². The van der Waals surface area contributed by atoms with Gasteiger partial charge in [-0.2, -0.15) is 5.10 Å². The summed E-state index contributed by atoms with van der Waals surface area (Å²) in [5.74, 6) is -3.81. The van der Waals surface area contributed by atoms with E-state index in [4.69, 9.17) is 5.73 Å². The van der Waals surface area contributed by atoms with E-state index in [1.807, 2.05) is 0 Å². The number of rotatable bonds is 5. The molecule has 26 heavy (non-hydrogen) atoms. The Labute approximate surface area is 146 Å². The van der Waals surface area contributed by atoms with Crippen LogP contribution in [0.3, 0.4) is 0 Å². The standard InChI is InChI=1S/C16H15F3N6O/c1-9(15-13(19)4-21-6-23-15)16(26,5-25-8-22-7-24-25)10-2-14(20)12(18)3-11(10)17/h2-4,6-9,26H,5,20H2,1H3/t9-,16+/m0/s1. The van der Waals surface area contributed by atoms with Crippen molar-refractivity contribution in [2.45, 2.75) is 25.0 Å². The fraction of sp³-hybridized carbons (Fsp3) is 0.250. The predicted molar refractivity (Wildman–Crippen MR) is 85.1 cm³/mol. The molecule has 7 nitrogen and oxygen atoms in total. The van der Waals surface area contributed by atoms with Crippen molar-refractivity contribution in [2.75, 3.05) is 5.73 Å². The molecule has 2 aromatic heterocycles. The zero-order valence-corrected chi connectivity index (χ0v) is 13.6. The maximum atomic E-state index is 14.5. The van der Waals surface area contributed by atoms with Crippen LogP contribution in [-0.4, -0.2) is 29.8 Å². The first kappa shape index (κ1) is 17.8. The Hall–Kier alpha value is -3.01. The van der Waals surface area contributed by atoms with Crippen molar-refractivity contribution in [1.82, 2.24) is 24.7 Å². The molecule has 0 aliphatic heterocycles. The molecular weight excluding hydrogens is 349 g/mol. The Bertz CT molecular complexity index is 920. The molecule has 0 amide bonds. The number of nitrogens with zero attached hydrogens (tertiary/aromatic N) is 5. The second-order valence-electron chi connectivity index (χ2n) is 5.85. The molecule has 2 heterocycles. The van der Waals surface area contributed by atoms with Crippen LogP contribution in [0.15, 0.2) is 37.3 Å². The second-order valence-corrected chi connectivity index (χ2v) is 5.85. The fourth-order valence-corrected chi connectivity index (χ4v) is 2.78. The van der Waals surface area contributed by atoms with Crippen molar-refractivity contribution in [3.05, 3.63) is 66.0 Å². The summed E-state index contributed by atoms with van der Waals surface area (Å²) in [5, 5.41) is 15.2. The van der Waals surface area contributed by atoms with E-state index in [1.165, 1.54) is 24.3 Å². The molecule has 0 fully saturated rings. The number of benzene rings is 1. The highest BCUT2D eigenvalue weighted by atomic mass is 19.1. The summed E-state index contributed by atoms with van der Waals surface area (Å²) in [5.41, 5.74) is 2.70. The van der Waals surface area contributed by atoms with Crippen LogP contribution in [0.2, 0.25) is 0 Å². The number of hydrogen-bond acceptors (Lipinski definition) is 6. The summed E-state index contributed by atoms with van der Waals surface area (Å²) >= 11 is 0. The van der Waals surface area contributed by atoms with E-state index in [0.717, 1.165) is 18.6 Å². The molecule has 1 aromatic carbocycles. The van der Waals surface area contributed by atoms with Crippen molar-refractivity contribution >= 4 is 5.69 Å². The zero-order chi connectivity index (χ0) is 18.9. The summed E-state index contributed by atoms with van der Waals surface area (Å²) in [7, 11) is 0. The maximum absolute atomic E-state index is 14.5. The van der Waals surface area contributed by atoms with Crippen LogP contribution in [0.25, 0.3) is 0 Å². The largest absolute Gasteiger partial charge is 0.396 e. The number of halogens is 3. The first-order valence-electron chi connectivity index (χ1n) is 7.58. The van der Waals surface area contributed by atoms with E-state index < -0.39 is 29.0 Å². The van der Waals surface area contributed by atoms with Gasteiger partial charge < -0.3 is 10.8 Å². The summed E-state index contributed by atoms with van der Waals surface area (Å²) in [6.45, 7) is 1.17. The van der Waals surface area contributed by atoms with Gasteiger partial charge in [-0.05, 0) is 6.07 Å². The van der Waals surface area contributed by atoms with Gasteiger partial charge in [-0.3, -0.25) is 0 Å². The minimum absolute atomic E-state index is 0.134. The summed E-state index contributed by atoms with van der Waals surface area (Å²) in [4.78, 5) is 11.2. The van der Waals surface area contributed by atoms with Gasteiger partial charge >= 0.3 is 0 Å². The molecule has 3 rings (SSSR count). The molecule has 0 aliphatic carbocycles. The van der Waals surface area contributed by atoms with Crippen LogP contribution in [0, 0.1) is 17.5 Å². The third kappa shape index (κ3) is 3.10. The molecule has 136 valence electrons. The number of aromatic nitrogens is 5. The lowest BCUT2D eigenvalue weighted by Gasteiger charge is -2.34. The SMILES string of the molecule is C[C@@H](c1ncncc1F)[C@](O)(Cn1cncn1)c1cc(N)c(F)cc1F. The molecular formula is C16H15F3N6O. The Balaban J connectivity index is 2.17. The number of nitrogens with two attached hydrogens (primary N) is 1. The van der Waals surface area contributed by atoms with Crippen LogP contribution in [0.1, 0.15) is 24.1 Å². The topological polar surface area (TPSA) is 103 Å². The van der Waals surface area contributed by atoms with Crippen molar-refractivity contribution in [3.8, 4) is 0 Å². The van der Waals surface area contributed by atoms with Gasteiger partial charge in [-0.15, -0.1) is 0 Å².